The van der Waals surface area contributed by atoms with Crippen LogP contribution in [0.25, 0.3) is 0 Å². The zero-order valence-corrected chi connectivity index (χ0v) is 10.7. The second-order valence-corrected chi connectivity index (χ2v) is 4.86. The Kier molecular flexibility index (Phi) is 3.73. The van der Waals surface area contributed by atoms with Gasteiger partial charge in [0.15, 0.2) is 0 Å². The molecular formula is C12H14ClF3N2. The monoisotopic (exact) mass is 278 g/mol. The fraction of sp³-hybridized carbons (Fsp3) is 0.500. The Hall–Kier alpha value is -0.940. The molecule has 1 aliphatic heterocycles. The van der Waals surface area contributed by atoms with E-state index in [0.29, 0.717) is 5.69 Å². The Balaban J connectivity index is 2.24. The van der Waals surface area contributed by atoms with E-state index < -0.39 is 11.7 Å². The minimum atomic E-state index is -4.40. The number of halogens is 4. The van der Waals surface area contributed by atoms with Crippen LogP contribution >= 0.6 is 11.6 Å². The van der Waals surface area contributed by atoms with Crippen LogP contribution in [0.5, 0.6) is 0 Å². The number of likely N-dealkylation sites (N-methyl/N-ethyl adjacent to an activating group) is 1. The lowest BCUT2D eigenvalue weighted by atomic mass is 10.1. The van der Waals surface area contributed by atoms with Gasteiger partial charge in [-0.1, -0.05) is 11.6 Å². The highest BCUT2D eigenvalue weighted by Gasteiger charge is 2.33. The van der Waals surface area contributed by atoms with Crippen LogP contribution in [0.4, 0.5) is 18.9 Å². The summed E-state index contributed by atoms with van der Waals surface area (Å²) >= 11 is 5.60. The summed E-state index contributed by atoms with van der Waals surface area (Å²) in [4.78, 5) is 4.10. The first-order valence-corrected chi connectivity index (χ1v) is 6.06. The molecule has 1 fully saturated rings. The maximum atomic E-state index is 12.7. The molecule has 0 radical (unpaired) electrons. The van der Waals surface area contributed by atoms with Crippen LogP contribution in [0.15, 0.2) is 18.2 Å². The molecule has 0 amide bonds. The number of hydrogen-bond acceptors (Lipinski definition) is 2. The SMILES string of the molecule is CN1CCN(c2ccc(Cl)c(C(F)(F)F)c2)CC1. The molecule has 0 unspecified atom stereocenters. The van der Waals surface area contributed by atoms with Crippen molar-refractivity contribution in [2.24, 2.45) is 0 Å². The lowest BCUT2D eigenvalue weighted by Crippen LogP contribution is -2.44. The molecule has 18 heavy (non-hydrogen) atoms. The third kappa shape index (κ3) is 2.90. The molecule has 2 rings (SSSR count). The lowest BCUT2D eigenvalue weighted by molar-refractivity contribution is -0.137. The minimum Gasteiger partial charge on any atom is -0.369 e. The molecule has 6 heteroatoms. The second-order valence-electron chi connectivity index (χ2n) is 4.45. The molecule has 1 saturated heterocycles. The molecular weight excluding hydrogens is 265 g/mol. The number of nitrogens with zero attached hydrogens (tertiary/aromatic N) is 2. The zero-order chi connectivity index (χ0) is 13.3. The Morgan fingerprint density at radius 2 is 1.72 bits per heavy atom. The summed E-state index contributed by atoms with van der Waals surface area (Å²) in [6, 6.07) is 4.09. The van der Waals surface area contributed by atoms with Gasteiger partial charge in [-0.3, -0.25) is 0 Å². The van der Waals surface area contributed by atoms with E-state index in [0.717, 1.165) is 32.2 Å². The Morgan fingerprint density at radius 3 is 2.28 bits per heavy atom. The van der Waals surface area contributed by atoms with Crippen LogP contribution in [0, 0.1) is 0 Å². The van der Waals surface area contributed by atoms with E-state index in [1.54, 1.807) is 6.07 Å². The Bertz CT molecular complexity index is 426. The van der Waals surface area contributed by atoms with E-state index in [4.69, 9.17) is 11.6 Å². The third-order valence-corrected chi connectivity index (χ3v) is 3.45. The highest BCUT2D eigenvalue weighted by molar-refractivity contribution is 6.31. The highest BCUT2D eigenvalue weighted by Crippen LogP contribution is 2.37. The predicted molar refractivity (Wildman–Crippen MR) is 66.2 cm³/mol. The van der Waals surface area contributed by atoms with Gasteiger partial charge in [0.05, 0.1) is 10.6 Å². The highest BCUT2D eigenvalue weighted by atomic mass is 35.5. The normalized spacial score (nSPS) is 18.2. The van der Waals surface area contributed by atoms with Crippen molar-refractivity contribution < 1.29 is 13.2 Å². The number of rotatable bonds is 1. The average Bonchev–Trinajstić information content (AvgIpc) is 2.29. The summed E-state index contributed by atoms with van der Waals surface area (Å²) in [7, 11) is 2.00. The van der Waals surface area contributed by atoms with Gasteiger partial charge < -0.3 is 9.80 Å². The van der Waals surface area contributed by atoms with Crippen molar-refractivity contribution in [1.82, 2.24) is 4.90 Å². The van der Waals surface area contributed by atoms with Crippen molar-refractivity contribution in [2.45, 2.75) is 6.18 Å². The van der Waals surface area contributed by atoms with E-state index in [1.807, 2.05) is 11.9 Å². The summed E-state index contributed by atoms with van der Waals surface area (Å²) in [5.74, 6) is 0. The van der Waals surface area contributed by atoms with Crippen LogP contribution in [-0.2, 0) is 6.18 Å². The number of hydrogen-bond donors (Lipinski definition) is 0. The molecule has 0 N–H and O–H groups in total. The van der Waals surface area contributed by atoms with Crippen LogP contribution in [-0.4, -0.2) is 38.1 Å². The summed E-state index contributed by atoms with van der Waals surface area (Å²) < 4.78 is 38.2. The van der Waals surface area contributed by atoms with Crippen molar-refractivity contribution >= 4 is 17.3 Å². The second kappa shape index (κ2) is 4.97. The number of piperazine rings is 1. The smallest absolute Gasteiger partial charge is 0.369 e. The topological polar surface area (TPSA) is 6.48 Å². The maximum absolute atomic E-state index is 12.7. The maximum Gasteiger partial charge on any atom is 0.417 e. The standard InChI is InChI=1S/C12H14ClF3N2/c1-17-4-6-18(7-5-17)9-2-3-11(13)10(8-9)12(14,15)16/h2-3,8H,4-7H2,1H3. The molecule has 2 nitrogen and oxygen atoms in total. The van der Waals surface area contributed by atoms with E-state index in [2.05, 4.69) is 4.90 Å². The molecule has 0 saturated carbocycles. The van der Waals surface area contributed by atoms with Gasteiger partial charge >= 0.3 is 6.18 Å². The van der Waals surface area contributed by atoms with E-state index in [1.165, 1.54) is 6.07 Å². The van der Waals surface area contributed by atoms with Gasteiger partial charge in [-0.05, 0) is 25.2 Å². The fourth-order valence-corrected chi connectivity index (χ4v) is 2.22. The zero-order valence-electron chi connectivity index (χ0n) is 9.97. The summed E-state index contributed by atoms with van der Waals surface area (Å²) in [5.41, 5.74) is -0.180. The van der Waals surface area contributed by atoms with Crippen LogP contribution in [0.3, 0.4) is 0 Å². The largest absolute Gasteiger partial charge is 0.417 e. The van der Waals surface area contributed by atoms with Gasteiger partial charge in [-0.15, -0.1) is 0 Å². The average molecular weight is 279 g/mol. The van der Waals surface area contributed by atoms with Gasteiger partial charge in [0.1, 0.15) is 0 Å². The quantitative estimate of drug-likeness (QED) is 0.779. The van der Waals surface area contributed by atoms with Crippen molar-refractivity contribution in [3.8, 4) is 0 Å². The summed E-state index contributed by atoms with van der Waals surface area (Å²) in [6.07, 6.45) is -4.40. The van der Waals surface area contributed by atoms with Gasteiger partial charge in [0, 0.05) is 31.9 Å². The summed E-state index contributed by atoms with van der Waals surface area (Å²) in [5, 5.41) is -0.250. The third-order valence-electron chi connectivity index (χ3n) is 3.12. The number of alkyl halides is 3. The van der Waals surface area contributed by atoms with Crippen molar-refractivity contribution in [2.75, 3.05) is 38.1 Å². The van der Waals surface area contributed by atoms with Gasteiger partial charge in [-0.2, -0.15) is 13.2 Å². The van der Waals surface area contributed by atoms with Crippen LogP contribution in [0.1, 0.15) is 5.56 Å². The molecule has 100 valence electrons. The molecule has 1 aromatic carbocycles. The molecule has 1 heterocycles. The van der Waals surface area contributed by atoms with Gasteiger partial charge in [0.25, 0.3) is 0 Å². The molecule has 0 bridgehead atoms. The number of anilines is 1. The Labute approximate surface area is 109 Å². The van der Waals surface area contributed by atoms with Crippen LogP contribution in [0.2, 0.25) is 5.02 Å². The van der Waals surface area contributed by atoms with Crippen LogP contribution < -0.4 is 4.90 Å². The van der Waals surface area contributed by atoms with Crippen molar-refractivity contribution in [3.05, 3.63) is 28.8 Å². The molecule has 1 aromatic rings. The first-order valence-electron chi connectivity index (χ1n) is 5.68. The van der Waals surface area contributed by atoms with E-state index >= 15 is 0 Å². The van der Waals surface area contributed by atoms with Gasteiger partial charge in [0.2, 0.25) is 0 Å². The Morgan fingerprint density at radius 1 is 1.11 bits per heavy atom. The molecule has 0 spiro atoms. The van der Waals surface area contributed by atoms with Crippen molar-refractivity contribution in [3.63, 3.8) is 0 Å². The first-order chi connectivity index (χ1) is 8.38. The van der Waals surface area contributed by atoms with E-state index in [9.17, 15) is 13.2 Å². The molecule has 0 aliphatic carbocycles. The van der Waals surface area contributed by atoms with E-state index in [-0.39, 0.29) is 5.02 Å². The predicted octanol–water partition coefficient (Wildman–Crippen LogP) is 3.11. The number of benzene rings is 1. The van der Waals surface area contributed by atoms with Crippen molar-refractivity contribution in [1.29, 1.82) is 0 Å². The molecule has 0 atom stereocenters. The first kappa shape index (κ1) is 13.5. The minimum absolute atomic E-state index is 0.250. The lowest BCUT2D eigenvalue weighted by Gasteiger charge is -2.34. The fourth-order valence-electron chi connectivity index (χ4n) is 1.99. The molecule has 1 aliphatic rings. The van der Waals surface area contributed by atoms with Gasteiger partial charge in [-0.25, -0.2) is 0 Å². The summed E-state index contributed by atoms with van der Waals surface area (Å²) in [6.45, 7) is 3.17. The molecule has 0 aromatic heterocycles.